The Balaban J connectivity index is 1.60. The lowest BCUT2D eigenvalue weighted by Gasteiger charge is -2.26. The van der Waals surface area contributed by atoms with Crippen LogP contribution in [0, 0.1) is 11.6 Å². The normalized spacial score (nSPS) is 12.5. The third-order valence-electron chi connectivity index (χ3n) is 7.39. The highest BCUT2D eigenvalue weighted by Crippen LogP contribution is 2.23. The molecule has 1 unspecified atom stereocenters. The summed E-state index contributed by atoms with van der Waals surface area (Å²) in [6, 6.07) is 12.1. The predicted molar refractivity (Wildman–Crippen MR) is 171 cm³/mol. The summed E-state index contributed by atoms with van der Waals surface area (Å²) in [6.07, 6.45) is 5.25. The van der Waals surface area contributed by atoms with Gasteiger partial charge in [-0.3, -0.25) is 14.6 Å². The molecule has 3 N–H and O–H groups in total. The van der Waals surface area contributed by atoms with E-state index in [0.29, 0.717) is 29.8 Å². The fourth-order valence-corrected chi connectivity index (χ4v) is 5.18. The van der Waals surface area contributed by atoms with Gasteiger partial charge < -0.3 is 25.1 Å². The molecule has 0 radical (unpaired) electrons. The van der Waals surface area contributed by atoms with Crippen LogP contribution in [0.2, 0.25) is 0 Å². The first-order valence-electron chi connectivity index (χ1n) is 15.6. The topological polar surface area (TPSA) is 124 Å². The van der Waals surface area contributed by atoms with Crippen LogP contribution in [0.1, 0.15) is 71.3 Å². The highest BCUT2D eigenvalue weighted by molar-refractivity contribution is 6.01. The maximum Gasteiger partial charge on any atom is 0.253 e. The summed E-state index contributed by atoms with van der Waals surface area (Å²) in [7, 11) is 0. The number of amides is 2. The van der Waals surface area contributed by atoms with E-state index in [0.717, 1.165) is 36.7 Å². The molecule has 0 saturated carbocycles. The molecule has 0 fully saturated rings. The first kappa shape index (κ1) is 34.4. The lowest BCUT2D eigenvalue weighted by molar-refractivity contribution is 0.0755. The monoisotopic (exact) mass is 633 g/mol. The highest BCUT2D eigenvalue weighted by atomic mass is 19.1. The number of pyridine rings is 1. The summed E-state index contributed by atoms with van der Waals surface area (Å²) in [4.78, 5) is 37.9. The molecule has 0 aliphatic rings. The lowest BCUT2D eigenvalue weighted by atomic mass is 9.98. The second-order valence-electron chi connectivity index (χ2n) is 11.1. The molecule has 11 heteroatoms. The molecule has 244 valence electrons. The lowest BCUT2D eigenvalue weighted by Crippen LogP contribution is -2.51. The number of aromatic nitrogens is 2. The van der Waals surface area contributed by atoms with E-state index in [1.54, 1.807) is 17.0 Å². The minimum Gasteiger partial charge on any atom is -0.445 e. The van der Waals surface area contributed by atoms with Crippen LogP contribution in [0.3, 0.4) is 0 Å². The van der Waals surface area contributed by atoms with Crippen LogP contribution < -0.4 is 11.1 Å². The molecule has 0 bridgehead atoms. The molecule has 0 spiro atoms. The van der Waals surface area contributed by atoms with Crippen molar-refractivity contribution in [2.75, 3.05) is 19.7 Å². The first-order chi connectivity index (χ1) is 22.2. The average molecular weight is 634 g/mol. The molecule has 2 amide bonds. The molecule has 2 aromatic carbocycles. The second-order valence-corrected chi connectivity index (χ2v) is 11.1. The van der Waals surface area contributed by atoms with Gasteiger partial charge in [0.1, 0.15) is 17.9 Å². The molecule has 46 heavy (non-hydrogen) atoms. The Morgan fingerprint density at radius 3 is 2.33 bits per heavy atom. The van der Waals surface area contributed by atoms with Gasteiger partial charge in [0.05, 0.1) is 31.1 Å². The van der Waals surface area contributed by atoms with Gasteiger partial charge in [-0.15, -0.1) is 0 Å². The number of nitrogens with one attached hydrogen (secondary N) is 1. The molecule has 4 aromatic rings. The summed E-state index contributed by atoms with van der Waals surface area (Å²) in [5.74, 6) is -1.98. The third-order valence-corrected chi connectivity index (χ3v) is 7.39. The minimum absolute atomic E-state index is 0.0283. The van der Waals surface area contributed by atoms with Gasteiger partial charge >= 0.3 is 0 Å². The van der Waals surface area contributed by atoms with Crippen molar-refractivity contribution in [1.82, 2.24) is 20.2 Å². The first-order valence-corrected chi connectivity index (χ1v) is 15.6. The van der Waals surface area contributed by atoms with Gasteiger partial charge in [-0.25, -0.2) is 13.8 Å². The van der Waals surface area contributed by atoms with Gasteiger partial charge in [0.15, 0.2) is 0 Å². The smallest absolute Gasteiger partial charge is 0.253 e. The number of aryl methyl sites for hydroxylation is 1. The van der Waals surface area contributed by atoms with E-state index in [1.165, 1.54) is 30.7 Å². The van der Waals surface area contributed by atoms with Crippen LogP contribution in [0.25, 0.3) is 11.5 Å². The summed E-state index contributed by atoms with van der Waals surface area (Å²) in [5, 5.41) is 2.93. The zero-order chi connectivity index (χ0) is 33.1. The van der Waals surface area contributed by atoms with E-state index < -0.39 is 29.6 Å². The van der Waals surface area contributed by atoms with Gasteiger partial charge in [-0.2, -0.15) is 0 Å². The van der Waals surface area contributed by atoms with E-state index in [1.807, 2.05) is 39.0 Å². The fraction of sp³-hybridized carbons (Fsp3) is 0.371. The van der Waals surface area contributed by atoms with Crippen molar-refractivity contribution in [2.45, 2.75) is 65.1 Å². The number of hydrogen-bond donors (Lipinski definition) is 2. The van der Waals surface area contributed by atoms with Crippen LogP contribution in [-0.2, 0) is 24.2 Å². The Labute approximate surface area is 268 Å². The van der Waals surface area contributed by atoms with Crippen molar-refractivity contribution in [1.29, 1.82) is 0 Å². The van der Waals surface area contributed by atoms with Crippen LogP contribution >= 0.6 is 0 Å². The van der Waals surface area contributed by atoms with E-state index in [-0.39, 0.29) is 37.0 Å². The maximum atomic E-state index is 14.1. The Morgan fingerprint density at radius 2 is 1.67 bits per heavy atom. The predicted octanol–water partition coefficient (Wildman–Crippen LogP) is 5.72. The Morgan fingerprint density at radius 1 is 0.978 bits per heavy atom. The molecule has 2 aromatic heterocycles. The number of carbonyl (C=O) groups is 2. The fourth-order valence-electron chi connectivity index (χ4n) is 5.18. The maximum absolute atomic E-state index is 14.1. The number of halogens is 2. The number of oxazole rings is 1. The number of rotatable bonds is 16. The van der Waals surface area contributed by atoms with Crippen LogP contribution in [0.15, 0.2) is 71.5 Å². The van der Waals surface area contributed by atoms with Crippen molar-refractivity contribution in [3.05, 3.63) is 107 Å². The van der Waals surface area contributed by atoms with Crippen LogP contribution in [-0.4, -0.2) is 58.5 Å². The van der Waals surface area contributed by atoms with Gasteiger partial charge in [0.25, 0.3) is 11.8 Å². The second kappa shape index (κ2) is 16.7. The minimum atomic E-state index is -0.787. The number of hydrogen-bond acceptors (Lipinski definition) is 7. The summed E-state index contributed by atoms with van der Waals surface area (Å²) in [6.45, 7) is 7.37. The summed E-state index contributed by atoms with van der Waals surface area (Å²) < 4.78 is 39.5. The van der Waals surface area contributed by atoms with Crippen LogP contribution in [0.5, 0.6) is 0 Å². The highest BCUT2D eigenvalue weighted by Gasteiger charge is 2.25. The van der Waals surface area contributed by atoms with Gasteiger partial charge in [0.2, 0.25) is 5.89 Å². The molecular formula is C35H41F2N5O4. The van der Waals surface area contributed by atoms with E-state index in [9.17, 15) is 18.4 Å². The molecule has 4 rings (SSSR count). The van der Waals surface area contributed by atoms with Gasteiger partial charge in [-0.1, -0.05) is 26.8 Å². The molecule has 2 heterocycles. The molecule has 2 atom stereocenters. The summed E-state index contributed by atoms with van der Waals surface area (Å²) in [5.41, 5.74) is 9.46. The van der Waals surface area contributed by atoms with E-state index in [4.69, 9.17) is 14.9 Å². The van der Waals surface area contributed by atoms with E-state index in [2.05, 4.69) is 15.3 Å². The van der Waals surface area contributed by atoms with Crippen molar-refractivity contribution in [2.24, 2.45) is 5.73 Å². The number of carbonyl (C=O) groups excluding carboxylic acids is 2. The number of nitrogens with zero attached hydrogens (tertiary/aromatic N) is 3. The molecule has 0 aliphatic carbocycles. The number of nitrogens with two attached hydrogens (primary N) is 1. The number of ether oxygens (including phenoxy) is 1. The Bertz CT molecular complexity index is 1570. The van der Waals surface area contributed by atoms with Crippen molar-refractivity contribution < 1.29 is 27.5 Å². The van der Waals surface area contributed by atoms with Crippen molar-refractivity contribution >= 4 is 11.8 Å². The van der Waals surface area contributed by atoms with Crippen molar-refractivity contribution in [3.63, 3.8) is 0 Å². The Kier molecular flexibility index (Phi) is 12.5. The van der Waals surface area contributed by atoms with Crippen LogP contribution in [0.4, 0.5) is 8.78 Å². The standard InChI is InChI=1S/C35H41F2N5O4/c1-4-11-42(12-5-2)35(44)26-18-24(17-25(19-26)34-39-10-13-46-34)33(43)41-32(16-23-14-27(36)20-28(37)15-23)31(38)22-45-21-30-9-7-8-29(6-3)40-30/h7-10,13-15,17-20,31-32H,4-6,11-12,16,21-22,38H2,1-3H3,(H,41,43)/t31?,32-/m0/s1. The average Bonchev–Trinajstić information content (AvgIpc) is 3.59. The zero-order valence-electron chi connectivity index (χ0n) is 26.5. The molecule has 0 saturated heterocycles. The van der Waals surface area contributed by atoms with Crippen molar-refractivity contribution in [3.8, 4) is 11.5 Å². The third kappa shape index (κ3) is 9.51. The quantitative estimate of drug-likeness (QED) is 0.162. The Hall–Kier alpha value is -4.48. The largest absolute Gasteiger partial charge is 0.445 e. The summed E-state index contributed by atoms with van der Waals surface area (Å²) >= 11 is 0. The SMILES string of the molecule is CCCN(CCC)C(=O)c1cc(C(=O)N[C@@H](Cc2cc(F)cc(F)c2)C(N)COCc2cccc(CC)n2)cc(-c2ncco2)c1. The zero-order valence-corrected chi connectivity index (χ0v) is 26.5. The molecule has 9 nitrogen and oxygen atoms in total. The van der Waals surface area contributed by atoms with Gasteiger partial charge in [0, 0.05) is 47.6 Å². The van der Waals surface area contributed by atoms with E-state index >= 15 is 0 Å². The number of benzene rings is 2. The molecular weight excluding hydrogens is 592 g/mol. The van der Waals surface area contributed by atoms with Gasteiger partial charge in [-0.05, 0) is 73.7 Å². The molecule has 0 aliphatic heterocycles.